The van der Waals surface area contributed by atoms with Crippen molar-refractivity contribution in [3.8, 4) is 33.7 Å². The second-order valence-electron chi connectivity index (χ2n) is 6.95. The Kier molecular flexibility index (Phi) is 5.90. The van der Waals surface area contributed by atoms with Crippen LogP contribution in [-0.4, -0.2) is 39.8 Å². The lowest BCUT2D eigenvalue weighted by Crippen LogP contribution is -2.26. The maximum absolute atomic E-state index is 13.3. The smallest absolute Gasteiger partial charge is 0.269 e. The van der Waals surface area contributed by atoms with Crippen molar-refractivity contribution >= 4 is 27.0 Å². The lowest BCUT2D eigenvalue weighted by atomic mass is 10.2. The first-order valence-corrected chi connectivity index (χ1v) is 11.9. The molecular formula is C22H21N3O5S2. The minimum Gasteiger partial charge on any atom is -0.497 e. The molecule has 0 saturated carbocycles. The Bertz CT molecular complexity index is 1320. The van der Waals surface area contributed by atoms with Crippen LogP contribution in [0.3, 0.4) is 0 Å². The Balaban J connectivity index is 1.71. The molecule has 0 atom stereocenters. The number of hydrogen-bond donors (Lipinski definition) is 0. The Labute approximate surface area is 190 Å². The van der Waals surface area contributed by atoms with Crippen LogP contribution >= 0.6 is 11.3 Å². The normalized spacial score (nSPS) is 11.4. The molecule has 2 aromatic heterocycles. The fourth-order valence-corrected chi connectivity index (χ4v) is 5.58. The van der Waals surface area contributed by atoms with Gasteiger partial charge in [-0.3, -0.25) is 4.31 Å². The molecule has 0 unspecified atom stereocenters. The molecule has 0 aliphatic rings. The van der Waals surface area contributed by atoms with Crippen LogP contribution < -0.4 is 13.8 Å². The lowest BCUT2D eigenvalue weighted by Gasteiger charge is -2.19. The minimum atomic E-state index is -3.84. The SMILES string of the molecule is COc1cc(OC)cc(-c2noc(-c3sccc3S(=O)(=O)N(C)c3ccc(C)cc3)n2)c1. The zero-order valence-corrected chi connectivity index (χ0v) is 19.5. The third-order valence-corrected chi connectivity index (χ3v) is 7.75. The molecule has 10 heteroatoms. The molecule has 2 heterocycles. The molecule has 0 radical (unpaired) electrons. The average Bonchev–Trinajstić information content (AvgIpc) is 3.48. The first kappa shape index (κ1) is 21.8. The van der Waals surface area contributed by atoms with Crippen molar-refractivity contribution in [2.75, 3.05) is 25.6 Å². The zero-order chi connectivity index (χ0) is 22.9. The van der Waals surface area contributed by atoms with Crippen LogP contribution in [0.25, 0.3) is 22.2 Å². The summed E-state index contributed by atoms with van der Waals surface area (Å²) < 4.78 is 43.9. The number of rotatable bonds is 7. The number of aromatic nitrogens is 2. The highest BCUT2D eigenvalue weighted by Crippen LogP contribution is 2.36. The fourth-order valence-electron chi connectivity index (χ4n) is 3.07. The van der Waals surface area contributed by atoms with E-state index >= 15 is 0 Å². The van der Waals surface area contributed by atoms with E-state index in [4.69, 9.17) is 14.0 Å². The van der Waals surface area contributed by atoms with Gasteiger partial charge in [-0.05, 0) is 42.6 Å². The Morgan fingerprint density at radius 2 is 1.66 bits per heavy atom. The van der Waals surface area contributed by atoms with Crippen LogP contribution in [-0.2, 0) is 10.0 Å². The van der Waals surface area contributed by atoms with Crippen LogP contribution in [0.2, 0.25) is 0 Å². The van der Waals surface area contributed by atoms with E-state index in [1.807, 2.05) is 19.1 Å². The summed E-state index contributed by atoms with van der Waals surface area (Å²) in [5.41, 5.74) is 2.22. The quantitative estimate of drug-likeness (QED) is 0.388. The van der Waals surface area contributed by atoms with E-state index in [9.17, 15) is 8.42 Å². The van der Waals surface area contributed by atoms with Gasteiger partial charge >= 0.3 is 0 Å². The van der Waals surface area contributed by atoms with Crippen molar-refractivity contribution in [3.63, 3.8) is 0 Å². The van der Waals surface area contributed by atoms with Gasteiger partial charge in [-0.1, -0.05) is 22.9 Å². The molecule has 4 aromatic rings. The van der Waals surface area contributed by atoms with Crippen LogP contribution in [0, 0.1) is 6.92 Å². The van der Waals surface area contributed by atoms with E-state index in [0.717, 1.165) is 5.56 Å². The Morgan fingerprint density at radius 3 is 2.28 bits per heavy atom. The van der Waals surface area contributed by atoms with Crippen molar-refractivity contribution in [2.45, 2.75) is 11.8 Å². The van der Waals surface area contributed by atoms with Gasteiger partial charge in [0.15, 0.2) is 0 Å². The summed E-state index contributed by atoms with van der Waals surface area (Å²) >= 11 is 1.22. The largest absolute Gasteiger partial charge is 0.497 e. The molecule has 0 N–H and O–H groups in total. The molecule has 8 nitrogen and oxygen atoms in total. The molecule has 0 bridgehead atoms. The van der Waals surface area contributed by atoms with E-state index < -0.39 is 10.0 Å². The molecule has 32 heavy (non-hydrogen) atoms. The maximum atomic E-state index is 13.3. The molecule has 0 aliphatic heterocycles. The second kappa shape index (κ2) is 8.64. The van der Waals surface area contributed by atoms with Gasteiger partial charge in [-0.25, -0.2) is 8.42 Å². The zero-order valence-electron chi connectivity index (χ0n) is 17.9. The van der Waals surface area contributed by atoms with E-state index in [1.165, 1.54) is 22.7 Å². The van der Waals surface area contributed by atoms with Gasteiger partial charge in [-0.15, -0.1) is 11.3 Å². The van der Waals surface area contributed by atoms with E-state index in [0.29, 0.717) is 33.5 Å². The molecular weight excluding hydrogens is 450 g/mol. The third-order valence-electron chi connectivity index (χ3n) is 4.90. The standard InChI is InChI=1S/C22H21N3O5S2/c1-14-5-7-16(8-6-14)25(2)32(26,27)19-9-10-31-20(19)22-23-21(24-30-22)15-11-17(28-3)13-18(12-15)29-4/h5-13H,1-4H3. The molecule has 0 aliphatic carbocycles. The summed E-state index contributed by atoms with van der Waals surface area (Å²) in [4.78, 5) is 4.90. The van der Waals surface area contributed by atoms with E-state index in [-0.39, 0.29) is 10.8 Å². The second-order valence-corrected chi connectivity index (χ2v) is 9.80. The Hall–Kier alpha value is -3.37. The first-order valence-electron chi connectivity index (χ1n) is 9.54. The predicted octanol–water partition coefficient (Wildman–Crippen LogP) is 4.62. The number of nitrogens with zero attached hydrogens (tertiary/aromatic N) is 3. The van der Waals surface area contributed by atoms with E-state index in [1.54, 1.807) is 56.0 Å². The highest BCUT2D eigenvalue weighted by atomic mass is 32.2. The van der Waals surface area contributed by atoms with Gasteiger partial charge < -0.3 is 14.0 Å². The molecule has 0 fully saturated rings. The first-order chi connectivity index (χ1) is 15.3. The van der Waals surface area contributed by atoms with Crippen LogP contribution in [0.5, 0.6) is 11.5 Å². The molecule has 0 amide bonds. The summed E-state index contributed by atoms with van der Waals surface area (Å²) in [7, 11) is 0.774. The number of anilines is 1. The van der Waals surface area contributed by atoms with Gasteiger partial charge in [0.05, 0.1) is 19.9 Å². The summed E-state index contributed by atoms with van der Waals surface area (Å²) in [6.07, 6.45) is 0. The molecule has 2 aromatic carbocycles. The average molecular weight is 472 g/mol. The molecule has 0 spiro atoms. The van der Waals surface area contributed by atoms with Crippen molar-refractivity contribution in [1.82, 2.24) is 10.1 Å². The summed E-state index contributed by atoms with van der Waals surface area (Å²) in [5.74, 6) is 1.56. The van der Waals surface area contributed by atoms with Gasteiger partial charge in [0, 0.05) is 18.7 Å². The highest BCUT2D eigenvalue weighted by Gasteiger charge is 2.28. The topological polar surface area (TPSA) is 94.8 Å². The summed E-state index contributed by atoms with van der Waals surface area (Å²) in [6, 6.07) is 14.0. The summed E-state index contributed by atoms with van der Waals surface area (Å²) in [6.45, 7) is 1.94. The van der Waals surface area contributed by atoms with Crippen LogP contribution in [0.1, 0.15) is 5.56 Å². The van der Waals surface area contributed by atoms with E-state index in [2.05, 4.69) is 10.1 Å². The van der Waals surface area contributed by atoms with Crippen LogP contribution in [0.15, 0.2) is 63.3 Å². The van der Waals surface area contributed by atoms with Gasteiger partial charge in [0.2, 0.25) is 5.82 Å². The molecule has 0 saturated heterocycles. The maximum Gasteiger partial charge on any atom is 0.269 e. The fraction of sp³-hybridized carbons (Fsp3) is 0.182. The molecule has 4 rings (SSSR count). The summed E-state index contributed by atoms with van der Waals surface area (Å²) in [5, 5.41) is 5.71. The Morgan fingerprint density at radius 1 is 1.00 bits per heavy atom. The lowest BCUT2D eigenvalue weighted by molar-refractivity contribution is 0.394. The number of thiophene rings is 1. The number of ether oxygens (including phenoxy) is 2. The van der Waals surface area contributed by atoms with Crippen LogP contribution in [0.4, 0.5) is 5.69 Å². The predicted molar refractivity (Wildman–Crippen MR) is 123 cm³/mol. The molecule has 166 valence electrons. The van der Waals surface area contributed by atoms with Crippen molar-refractivity contribution < 1.29 is 22.4 Å². The number of hydrogen-bond acceptors (Lipinski definition) is 8. The van der Waals surface area contributed by atoms with Gasteiger partial charge in [0.1, 0.15) is 21.3 Å². The highest BCUT2D eigenvalue weighted by molar-refractivity contribution is 7.93. The number of benzene rings is 2. The third kappa shape index (κ3) is 4.06. The minimum absolute atomic E-state index is 0.101. The number of sulfonamides is 1. The van der Waals surface area contributed by atoms with Crippen molar-refractivity contribution in [2.24, 2.45) is 0 Å². The van der Waals surface area contributed by atoms with Gasteiger partial charge in [0.25, 0.3) is 15.9 Å². The van der Waals surface area contributed by atoms with Crippen molar-refractivity contribution in [3.05, 3.63) is 59.5 Å². The monoisotopic (exact) mass is 471 g/mol. The number of methoxy groups -OCH3 is 2. The van der Waals surface area contributed by atoms with Crippen molar-refractivity contribution in [1.29, 1.82) is 0 Å². The number of aryl methyl sites for hydroxylation is 1. The van der Waals surface area contributed by atoms with Gasteiger partial charge in [-0.2, -0.15) is 4.98 Å².